The maximum Gasteiger partial charge on any atom is 0.410 e. The summed E-state index contributed by atoms with van der Waals surface area (Å²) in [7, 11) is 0. The third kappa shape index (κ3) is 5.54. The Bertz CT molecular complexity index is 286. The summed E-state index contributed by atoms with van der Waals surface area (Å²) in [5.74, 6) is 0. The monoisotopic (exact) mass is 255 g/mol. The van der Waals surface area contributed by atoms with Crippen LogP contribution in [0.3, 0.4) is 0 Å². The van der Waals surface area contributed by atoms with Crippen LogP contribution in [0.25, 0.3) is 0 Å². The number of piperidine rings is 1. The summed E-state index contributed by atoms with van der Waals surface area (Å²) in [6, 6.07) is 0. The summed E-state index contributed by atoms with van der Waals surface area (Å²) in [4.78, 5) is 13.6. The third-order valence-electron chi connectivity index (χ3n) is 2.76. The topological polar surface area (TPSA) is 38.8 Å². The van der Waals surface area contributed by atoms with Gasteiger partial charge in [-0.05, 0) is 40.5 Å². The van der Waals surface area contributed by atoms with Gasteiger partial charge in [-0.1, -0.05) is 12.2 Å². The van der Waals surface area contributed by atoms with E-state index < -0.39 is 5.60 Å². The molecule has 1 rings (SSSR count). The SMILES string of the molecule is C/C=C/COC1CCN(C(=O)OC(C)(C)C)CC1. The van der Waals surface area contributed by atoms with Gasteiger partial charge in [0.2, 0.25) is 0 Å². The van der Waals surface area contributed by atoms with Crippen LogP contribution in [0.1, 0.15) is 40.5 Å². The molecular weight excluding hydrogens is 230 g/mol. The molecule has 1 amide bonds. The maximum absolute atomic E-state index is 11.8. The number of carbonyl (C=O) groups is 1. The first-order valence-electron chi connectivity index (χ1n) is 6.63. The molecule has 1 aliphatic heterocycles. The molecule has 1 fully saturated rings. The summed E-state index contributed by atoms with van der Waals surface area (Å²) in [6.45, 7) is 9.74. The van der Waals surface area contributed by atoms with Gasteiger partial charge in [0.25, 0.3) is 0 Å². The van der Waals surface area contributed by atoms with Crippen LogP contribution in [-0.2, 0) is 9.47 Å². The van der Waals surface area contributed by atoms with Gasteiger partial charge >= 0.3 is 6.09 Å². The Kier molecular flexibility index (Phi) is 5.66. The van der Waals surface area contributed by atoms with E-state index in [0.717, 1.165) is 25.9 Å². The zero-order valence-corrected chi connectivity index (χ0v) is 11.9. The van der Waals surface area contributed by atoms with E-state index in [2.05, 4.69) is 0 Å². The predicted molar refractivity (Wildman–Crippen MR) is 71.6 cm³/mol. The van der Waals surface area contributed by atoms with Crippen molar-refractivity contribution in [1.29, 1.82) is 0 Å². The molecule has 0 aromatic heterocycles. The Labute approximate surface area is 110 Å². The van der Waals surface area contributed by atoms with E-state index >= 15 is 0 Å². The minimum Gasteiger partial charge on any atom is -0.444 e. The van der Waals surface area contributed by atoms with Gasteiger partial charge in [0.15, 0.2) is 0 Å². The summed E-state index contributed by atoms with van der Waals surface area (Å²) in [6.07, 6.45) is 5.80. The Hall–Kier alpha value is -1.03. The van der Waals surface area contributed by atoms with Crippen LogP contribution in [0, 0.1) is 0 Å². The average Bonchev–Trinajstić information content (AvgIpc) is 2.28. The van der Waals surface area contributed by atoms with Crippen LogP contribution < -0.4 is 0 Å². The van der Waals surface area contributed by atoms with E-state index in [-0.39, 0.29) is 12.2 Å². The molecule has 0 spiro atoms. The molecule has 4 nitrogen and oxygen atoms in total. The van der Waals surface area contributed by atoms with Crippen molar-refractivity contribution < 1.29 is 14.3 Å². The van der Waals surface area contributed by atoms with Gasteiger partial charge in [-0.25, -0.2) is 4.79 Å². The molecule has 1 aliphatic rings. The molecule has 0 radical (unpaired) electrons. The number of nitrogens with zero attached hydrogens (tertiary/aromatic N) is 1. The van der Waals surface area contributed by atoms with E-state index in [0.29, 0.717) is 6.61 Å². The molecule has 0 atom stereocenters. The van der Waals surface area contributed by atoms with Gasteiger partial charge in [-0.2, -0.15) is 0 Å². The van der Waals surface area contributed by atoms with Gasteiger partial charge < -0.3 is 14.4 Å². The molecule has 0 unspecified atom stereocenters. The molecule has 0 aromatic carbocycles. The highest BCUT2D eigenvalue weighted by atomic mass is 16.6. The van der Waals surface area contributed by atoms with Crippen LogP contribution in [-0.4, -0.2) is 42.4 Å². The smallest absolute Gasteiger partial charge is 0.410 e. The lowest BCUT2D eigenvalue weighted by atomic mass is 10.1. The summed E-state index contributed by atoms with van der Waals surface area (Å²) in [5, 5.41) is 0. The fourth-order valence-electron chi connectivity index (χ4n) is 1.82. The Morgan fingerprint density at radius 3 is 2.44 bits per heavy atom. The largest absolute Gasteiger partial charge is 0.444 e. The van der Waals surface area contributed by atoms with Crippen molar-refractivity contribution in [3.8, 4) is 0 Å². The van der Waals surface area contributed by atoms with Crippen LogP contribution in [0.15, 0.2) is 12.2 Å². The fraction of sp³-hybridized carbons (Fsp3) is 0.786. The molecule has 1 heterocycles. The average molecular weight is 255 g/mol. The minimum absolute atomic E-state index is 0.214. The first-order chi connectivity index (χ1) is 8.42. The number of allylic oxidation sites excluding steroid dienone is 1. The van der Waals surface area contributed by atoms with E-state index in [1.807, 2.05) is 39.8 Å². The lowest BCUT2D eigenvalue weighted by Crippen LogP contribution is -2.43. The molecule has 1 saturated heterocycles. The number of amides is 1. The van der Waals surface area contributed by atoms with E-state index in [9.17, 15) is 4.79 Å². The Morgan fingerprint density at radius 2 is 1.94 bits per heavy atom. The number of rotatable bonds is 3. The van der Waals surface area contributed by atoms with E-state index in [4.69, 9.17) is 9.47 Å². The normalized spacial score (nSPS) is 18.3. The second-order valence-electron chi connectivity index (χ2n) is 5.57. The zero-order chi connectivity index (χ0) is 13.6. The van der Waals surface area contributed by atoms with Gasteiger partial charge in [0, 0.05) is 13.1 Å². The molecular formula is C14H25NO3. The second kappa shape index (κ2) is 6.78. The standard InChI is InChI=1S/C14H25NO3/c1-5-6-11-17-12-7-9-15(10-8-12)13(16)18-14(2,3)4/h5-6,12H,7-11H2,1-4H3/b6-5+. The highest BCUT2D eigenvalue weighted by Crippen LogP contribution is 2.17. The highest BCUT2D eigenvalue weighted by molar-refractivity contribution is 5.68. The van der Waals surface area contributed by atoms with Gasteiger partial charge in [-0.15, -0.1) is 0 Å². The van der Waals surface area contributed by atoms with Crippen LogP contribution in [0.2, 0.25) is 0 Å². The summed E-state index contributed by atoms with van der Waals surface area (Å²) >= 11 is 0. The van der Waals surface area contributed by atoms with Crippen molar-refractivity contribution in [2.45, 2.75) is 52.2 Å². The number of ether oxygens (including phenoxy) is 2. The first kappa shape index (κ1) is 15.0. The van der Waals surface area contributed by atoms with Crippen molar-refractivity contribution in [2.75, 3.05) is 19.7 Å². The van der Waals surface area contributed by atoms with Crippen LogP contribution >= 0.6 is 0 Å². The maximum atomic E-state index is 11.8. The third-order valence-corrected chi connectivity index (χ3v) is 2.76. The van der Waals surface area contributed by atoms with Gasteiger partial charge in [-0.3, -0.25) is 0 Å². The molecule has 0 saturated carbocycles. The van der Waals surface area contributed by atoms with Crippen molar-refractivity contribution >= 4 is 6.09 Å². The quantitative estimate of drug-likeness (QED) is 0.728. The second-order valence-corrected chi connectivity index (χ2v) is 5.57. The Morgan fingerprint density at radius 1 is 1.33 bits per heavy atom. The lowest BCUT2D eigenvalue weighted by molar-refractivity contribution is -0.00472. The molecule has 0 aliphatic carbocycles. The summed E-state index contributed by atoms with van der Waals surface area (Å²) < 4.78 is 11.0. The van der Waals surface area contributed by atoms with Crippen molar-refractivity contribution in [2.24, 2.45) is 0 Å². The van der Waals surface area contributed by atoms with Crippen molar-refractivity contribution in [3.05, 3.63) is 12.2 Å². The molecule has 0 aromatic rings. The lowest BCUT2D eigenvalue weighted by Gasteiger charge is -2.33. The summed E-state index contributed by atoms with van der Waals surface area (Å²) in [5.41, 5.74) is -0.420. The number of likely N-dealkylation sites (tertiary alicyclic amines) is 1. The molecule has 18 heavy (non-hydrogen) atoms. The van der Waals surface area contributed by atoms with Crippen molar-refractivity contribution in [3.63, 3.8) is 0 Å². The van der Waals surface area contributed by atoms with E-state index in [1.165, 1.54) is 0 Å². The van der Waals surface area contributed by atoms with Crippen molar-refractivity contribution in [1.82, 2.24) is 4.90 Å². The minimum atomic E-state index is -0.420. The number of carbonyl (C=O) groups excluding carboxylic acids is 1. The number of hydrogen-bond acceptors (Lipinski definition) is 3. The predicted octanol–water partition coefficient (Wildman–Crippen LogP) is 2.98. The first-order valence-corrected chi connectivity index (χ1v) is 6.63. The number of hydrogen-bond donors (Lipinski definition) is 0. The molecule has 0 bridgehead atoms. The van der Waals surface area contributed by atoms with Crippen LogP contribution in [0.4, 0.5) is 4.79 Å². The van der Waals surface area contributed by atoms with E-state index in [1.54, 1.807) is 4.90 Å². The fourth-order valence-corrected chi connectivity index (χ4v) is 1.82. The Balaban J connectivity index is 2.28. The van der Waals surface area contributed by atoms with Gasteiger partial charge in [0.1, 0.15) is 5.60 Å². The van der Waals surface area contributed by atoms with Crippen LogP contribution in [0.5, 0.6) is 0 Å². The zero-order valence-electron chi connectivity index (χ0n) is 11.9. The van der Waals surface area contributed by atoms with Gasteiger partial charge in [0.05, 0.1) is 12.7 Å². The molecule has 4 heteroatoms. The molecule has 0 N–H and O–H groups in total. The highest BCUT2D eigenvalue weighted by Gasteiger charge is 2.26. The molecule has 104 valence electrons.